The quantitative estimate of drug-likeness (QED) is 0.189. The Bertz CT molecular complexity index is 1730. The monoisotopic (exact) mass is 645 g/mol. The molecule has 0 aliphatic carbocycles. The molecule has 0 aliphatic heterocycles. The van der Waals surface area contributed by atoms with Gasteiger partial charge in [-0.3, -0.25) is 13.9 Å². The van der Waals surface area contributed by atoms with Crippen LogP contribution in [-0.4, -0.2) is 51.4 Å². The van der Waals surface area contributed by atoms with Gasteiger partial charge in [-0.1, -0.05) is 86.1 Å². The van der Waals surface area contributed by atoms with Crippen molar-refractivity contribution < 1.29 is 27.1 Å². The summed E-state index contributed by atoms with van der Waals surface area (Å²) in [5.74, 6) is -1.15. The van der Waals surface area contributed by atoms with Gasteiger partial charge < -0.3 is 15.0 Å². The molecule has 0 spiro atoms. The largest absolute Gasteiger partial charge is 0.497 e. The number of para-hydroxylation sites is 1. The van der Waals surface area contributed by atoms with Gasteiger partial charge in [0.15, 0.2) is 0 Å². The molecule has 8 nitrogen and oxygen atoms in total. The van der Waals surface area contributed by atoms with Gasteiger partial charge in [0.2, 0.25) is 11.8 Å². The van der Waals surface area contributed by atoms with Gasteiger partial charge in [0.1, 0.15) is 24.2 Å². The molecule has 4 aromatic carbocycles. The minimum Gasteiger partial charge on any atom is -0.497 e. The molecule has 0 aromatic heterocycles. The van der Waals surface area contributed by atoms with Crippen LogP contribution in [0.3, 0.4) is 0 Å². The summed E-state index contributed by atoms with van der Waals surface area (Å²) in [5.41, 5.74) is 2.05. The van der Waals surface area contributed by atoms with Crippen molar-refractivity contribution in [1.82, 2.24) is 10.2 Å². The minimum atomic E-state index is -4.41. The van der Waals surface area contributed by atoms with Crippen LogP contribution in [0, 0.1) is 18.7 Å². The van der Waals surface area contributed by atoms with E-state index in [0.717, 1.165) is 21.5 Å². The number of hydrogen-bond donors (Lipinski definition) is 1. The molecule has 2 amide bonds. The summed E-state index contributed by atoms with van der Waals surface area (Å²) >= 11 is 0. The fraction of sp³-hybridized carbons (Fsp3) is 0.278. The standard InChI is InChI=1S/C36H40FN3O5S/c1-26(2)23-38-36(42)34(22-28-11-6-5-7-12-28)39(24-29-13-10-14-30(21-29)45-4)35(41)25-40(33-16-9-8-15-32(33)37)46(43,44)31-19-17-27(3)18-20-31/h5-21,26,34H,22-25H2,1-4H3,(H,38,42)/t34-/m0/s1. The Balaban J connectivity index is 1.82. The number of carbonyl (C=O) groups is 2. The zero-order valence-corrected chi connectivity index (χ0v) is 27.3. The summed E-state index contributed by atoms with van der Waals surface area (Å²) in [6, 6.07) is 26.9. The predicted molar refractivity (Wildman–Crippen MR) is 177 cm³/mol. The van der Waals surface area contributed by atoms with E-state index >= 15 is 4.39 Å². The molecule has 0 bridgehead atoms. The second-order valence-electron chi connectivity index (χ2n) is 11.5. The van der Waals surface area contributed by atoms with Crippen LogP contribution in [0.15, 0.2) is 108 Å². The van der Waals surface area contributed by atoms with E-state index in [2.05, 4.69) is 5.32 Å². The van der Waals surface area contributed by atoms with Crippen molar-refractivity contribution in [3.05, 3.63) is 126 Å². The Morgan fingerprint density at radius 3 is 2.17 bits per heavy atom. The lowest BCUT2D eigenvalue weighted by molar-refractivity contribution is -0.140. The molecule has 4 aromatic rings. The van der Waals surface area contributed by atoms with Crippen LogP contribution in [0.2, 0.25) is 0 Å². The maximum atomic E-state index is 15.3. The maximum Gasteiger partial charge on any atom is 0.264 e. The van der Waals surface area contributed by atoms with Crippen LogP contribution in [-0.2, 0) is 32.6 Å². The predicted octanol–water partition coefficient (Wildman–Crippen LogP) is 5.75. The Hall–Kier alpha value is -4.70. The smallest absolute Gasteiger partial charge is 0.264 e. The Morgan fingerprint density at radius 2 is 1.52 bits per heavy atom. The number of ether oxygens (including phenoxy) is 1. The van der Waals surface area contributed by atoms with E-state index in [1.807, 2.05) is 51.1 Å². The number of anilines is 1. The number of amides is 2. The Labute approximate surface area is 270 Å². The van der Waals surface area contributed by atoms with Gasteiger partial charge in [-0.05, 0) is 60.4 Å². The van der Waals surface area contributed by atoms with Crippen molar-refractivity contribution in [2.75, 3.05) is 24.5 Å². The third-order valence-electron chi connectivity index (χ3n) is 7.45. The fourth-order valence-electron chi connectivity index (χ4n) is 4.95. The normalized spacial score (nSPS) is 12.0. The van der Waals surface area contributed by atoms with Crippen LogP contribution in [0.5, 0.6) is 5.75 Å². The summed E-state index contributed by atoms with van der Waals surface area (Å²) in [6.07, 6.45) is 0.172. The van der Waals surface area contributed by atoms with Crippen molar-refractivity contribution >= 4 is 27.5 Å². The Kier molecular flexibility index (Phi) is 11.5. The van der Waals surface area contributed by atoms with Crippen LogP contribution in [0.25, 0.3) is 0 Å². The first-order valence-corrected chi connectivity index (χ1v) is 16.5. The van der Waals surface area contributed by atoms with E-state index in [9.17, 15) is 18.0 Å². The number of aryl methyl sites for hydroxylation is 1. The highest BCUT2D eigenvalue weighted by Crippen LogP contribution is 2.28. The minimum absolute atomic E-state index is 0.0294. The molecule has 0 aliphatic rings. The number of carbonyl (C=O) groups excluding carboxylic acids is 2. The molecular weight excluding hydrogens is 605 g/mol. The topological polar surface area (TPSA) is 96.0 Å². The highest BCUT2D eigenvalue weighted by Gasteiger charge is 2.35. The molecule has 242 valence electrons. The Morgan fingerprint density at radius 1 is 0.870 bits per heavy atom. The molecule has 0 saturated heterocycles. The number of sulfonamides is 1. The number of rotatable bonds is 14. The van der Waals surface area contributed by atoms with Gasteiger partial charge in [0.05, 0.1) is 17.7 Å². The zero-order valence-electron chi connectivity index (χ0n) is 26.5. The molecule has 0 radical (unpaired) electrons. The van der Waals surface area contributed by atoms with E-state index in [-0.39, 0.29) is 35.4 Å². The van der Waals surface area contributed by atoms with Crippen molar-refractivity contribution in [1.29, 1.82) is 0 Å². The zero-order chi connectivity index (χ0) is 33.3. The lowest BCUT2D eigenvalue weighted by Crippen LogP contribution is -2.53. The third kappa shape index (κ3) is 8.72. The molecule has 1 N–H and O–H groups in total. The average molecular weight is 646 g/mol. The summed E-state index contributed by atoms with van der Waals surface area (Å²) in [7, 11) is -2.88. The van der Waals surface area contributed by atoms with Gasteiger partial charge in [0, 0.05) is 19.5 Å². The van der Waals surface area contributed by atoms with Crippen LogP contribution < -0.4 is 14.4 Å². The van der Waals surface area contributed by atoms with Crippen molar-refractivity contribution in [2.24, 2.45) is 5.92 Å². The molecule has 46 heavy (non-hydrogen) atoms. The van der Waals surface area contributed by atoms with Gasteiger partial charge in [-0.2, -0.15) is 0 Å². The van der Waals surface area contributed by atoms with Crippen LogP contribution >= 0.6 is 0 Å². The average Bonchev–Trinajstić information content (AvgIpc) is 3.05. The molecule has 0 unspecified atom stereocenters. The number of halogens is 1. The van der Waals surface area contributed by atoms with E-state index in [0.29, 0.717) is 17.9 Å². The molecule has 0 fully saturated rings. The van der Waals surface area contributed by atoms with Crippen molar-refractivity contribution in [3.63, 3.8) is 0 Å². The number of nitrogens with zero attached hydrogens (tertiary/aromatic N) is 2. The number of benzene rings is 4. The van der Waals surface area contributed by atoms with Gasteiger partial charge in [-0.25, -0.2) is 12.8 Å². The van der Waals surface area contributed by atoms with Gasteiger partial charge >= 0.3 is 0 Å². The van der Waals surface area contributed by atoms with E-state index < -0.39 is 34.3 Å². The molecule has 0 saturated carbocycles. The van der Waals surface area contributed by atoms with Crippen molar-refractivity contribution in [3.8, 4) is 5.75 Å². The molecule has 0 heterocycles. The summed E-state index contributed by atoms with van der Waals surface area (Å²) in [4.78, 5) is 29.6. The summed E-state index contributed by atoms with van der Waals surface area (Å²) in [5, 5.41) is 2.95. The second kappa shape index (κ2) is 15.5. The second-order valence-corrected chi connectivity index (χ2v) is 13.4. The van der Waals surface area contributed by atoms with E-state index in [4.69, 9.17) is 4.74 Å². The first-order valence-electron chi connectivity index (χ1n) is 15.1. The van der Waals surface area contributed by atoms with E-state index in [1.165, 1.54) is 42.3 Å². The van der Waals surface area contributed by atoms with Gasteiger partial charge in [-0.15, -0.1) is 0 Å². The molecule has 4 rings (SSSR count). The first-order chi connectivity index (χ1) is 22.0. The highest BCUT2D eigenvalue weighted by molar-refractivity contribution is 7.92. The van der Waals surface area contributed by atoms with Gasteiger partial charge in [0.25, 0.3) is 10.0 Å². The SMILES string of the molecule is COc1cccc(CN(C(=O)CN(c2ccccc2F)S(=O)(=O)c2ccc(C)cc2)[C@@H](Cc2ccccc2)C(=O)NCC(C)C)c1. The van der Waals surface area contributed by atoms with Crippen LogP contribution in [0.1, 0.15) is 30.5 Å². The number of hydrogen-bond acceptors (Lipinski definition) is 5. The lowest BCUT2D eigenvalue weighted by Gasteiger charge is -2.34. The lowest BCUT2D eigenvalue weighted by atomic mass is 10.0. The molecule has 1 atom stereocenters. The summed E-state index contributed by atoms with van der Waals surface area (Å²) < 4.78 is 49.6. The number of methoxy groups -OCH3 is 1. The van der Waals surface area contributed by atoms with Crippen LogP contribution in [0.4, 0.5) is 10.1 Å². The number of nitrogens with one attached hydrogen (secondary N) is 1. The first kappa shape index (κ1) is 34.2. The molecular formula is C36H40FN3O5S. The third-order valence-corrected chi connectivity index (χ3v) is 9.23. The van der Waals surface area contributed by atoms with E-state index in [1.54, 1.807) is 36.4 Å². The highest BCUT2D eigenvalue weighted by atomic mass is 32.2. The fourth-order valence-corrected chi connectivity index (χ4v) is 6.37. The maximum absolute atomic E-state index is 15.3. The molecule has 10 heteroatoms. The summed E-state index contributed by atoms with van der Waals surface area (Å²) in [6.45, 7) is 5.36. The van der Waals surface area contributed by atoms with Crippen molar-refractivity contribution in [2.45, 2.75) is 44.7 Å².